The van der Waals surface area contributed by atoms with Crippen molar-refractivity contribution in [1.82, 2.24) is 5.32 Å². The van der Waals surface area contributed by atoms with Crippen molar-refractivity contribution in [3.05, 3.63) is 46.2 Å². The third-order valence-electron chi connectivity index (χ3n) is 3.91. The highest BCUT2D eigenvalue weighted by atomic mass is 32.1. The maximum absolute atomic E-state index is 6.16. The number of rotatable bonds is 10. The van der Waals surface area contributed by atoms with Crippen LogP contribution in [-0.4, -0.2) is 25.0 Å². The van der Waals surface area contributed by atoms with Crippen LogP contribution in [0.15, 0.2) is 40.7 Å². The normalized spacial score (nSPS) is 11.9. The average Bonchev–Trinajstić information content (AvgIpc) is 3.16. The van der Waals surface area contributed by atoms with Gasteiger partial charge in [0.25, 0.3) is 0 Å². The van der Waals surface area contributed by atoms with Crippen molar-refractivity contribution in [3.63, 3.8) is 0 Å². The minimum atomic E-state index is 0.221. The molecule has 0 aliphatic heterocycles. The fraction of sp³-hybridized carbons (Fsp3) is 0.421. The Kier molecular flexibility index (Phi) is 7.91. The number of nitrogens with two attached hydrogens (primary N) is 2. The zero-order chi connectivity index (χ0) is 18.1. The number of benzene rings is 1. The predicted molar refractivity (Wildman–Crippen MR) is 107 cm³/mol. The van der Waals surface area contributed by atoms with Gasteiger partial charge in [0.1, 0.15) is 11.6 Å². The zero-order valence-electron chi connectivity index (χ0n) is 15.0. The van der Waals surface area contributed by atoms with Gasteiger partial charge >= 0.3 is 0 Å². The van der Waals surface area contributed by atoms with Gasteiger partial charge in [0.15, 0.2) is 0 Å². The van der Waals surface area contributed by atoms with Gasteiger partial charge < -0.3 is 21.5 Å². The van der Waals surface area contributed by atoms with Crippen molar-refractivity contribution in [2.75, 3.05) is 13.1 Å². The first-order chi connectivity index (χ1) is 12.2. The van der Waals surface area contributed by atoms with Crippen LogP contribution in [0, 0.1) is 0 Å². The van der Waals surface area contributed by atoms with Crippen molar-refractivity contribution in [2.45, 2.75) is 39.3 Å². The molecule has 0 atom stereocenters. The summed E-state index contributed by atoms with van der Waals surface area (Å²) in [5, 5.41) is 5.32. The van der Waals surface area contributed by atoms with Crippen LogP contribution >= 0.6 is 11.3 Å². The number of thiophene rings is 1. The summed E-state index contributed by atoms with van der Waals surface area (Å²) in [7, 11) is 0. The lowest BCUT2D eigenvalue weighted by molar-refractivity contribution is 0.190. The second-order valence-electron chi connectivity index (χ2n) is 5.79. The minimum Gasteiger partial charge on any atom is -0.490 e. The van der Waals surface area contributed by atoms with E-state index >= 15 is 0 Å². The van der Waals surface area contributed by atoms with E-state index < -0.39 is 0 Å². The van der Waals surface area contributed by atoms with Gasteiger partial charge in [-0.15, -0.1) is 11.3 Å². The van der Waals surface area contributed by atoms with E-state index in [0.29, 0.717) is 18.9 Å². The van der Waals surface area contributed by atoms with Gasteiger partial charge in [-0.2, -0.15) is 0 Å². The first-order valence-electron chi connectivity index (χ1n) is 8.76. The molecule has 2 rings (SSSR count). The summed E-state index contributed by atoms with van der Waals surface area (Å²) in [6.07, 6.45) is 2.19. The molecule has 136 valence electrons. The van der Waals surface area contributed by atoms with E-state index in [0.717, 1.165) is 41.3 Å². The minimum absolute atomic E-state index is 0.221. The Hall–Kier alpha value is -1.89. The van der Waals surface area contributed by atoms with Gasteiger partial charge in [-0.05, 0) is 42.5 Å². The van der Waals surface area contributed by atoms with Gasteiger partial charge in [0, 0.05) is 25.2 Å². The van der Waals surface area contributed by atoms with E-state index in [-0.39, 0.29) is 6.10 Å². The predicted octanol–water partition coefficient (Wildman–Crippen LogP) is 3.40. The number of aliphatic imine (C=N–C) groups is 1. The molecule has 0 spiro atoms. The average molecular weight is 361 g/mol. The maximum Gasteiger partial charge on any atom is 0.141 e. The third-order valence-corrected chi connectivity index (χ3v) is 4.80. The van der Waals surface area contributed by atoms with Gasteiger partial charge in [-0.3, -0.25) is 0 Å². The molecular formula is C19H28N4OS. The summed E-state index contributed by atoms with van der Waals surface area (Å²) in [5.74, 6) is 1.43. The Bertz CT molecular complexity index is 666. The molecule has 2 aromatic rings. The van der Waals surface area contributed by atoms with E-state index in [1.807, 2.05) is 35.7 Å². The van der Waals surface area contributed by atoms with E-state index in [1.54, 1.807) is 11.3 Å². The molecule has 0 unspecified atom stereocenters. The van der Waals surface area contributed by atoms with E-state index in [1.165, 1.54) is 0 Å². The number of ether oxygens (including phenoxy) is 1. The fourth-order valence-electron chi connectivity index (χ4n) is 2.47. The van der Waals surface area contributed by atoms with Crippen molar-refractivity contribution in [1.29, 1.82) is 0 Å². The van der Waals surface area contributed by atoms with Crippen molar-refractivity contribution < 1.29 is 4.74 Å². The Morgan fingerprint density at radius 3 is 2.72 bits per heavy atom. The molecule has 5 nitrogen and oxygen atoms in total. The second-order valence-corrected chi connectivity index (χ2v) is 6.74. The van der Waals surface area contributed by atoms with Crippen molar-refractivity contribution in [2.24, 2.45) is 16.5 Å². The topological polar surface area (TPSA) is 85.7 Å². The Balaban J connectivity index is 2.24. The second kappa shape index (κ2) is 10.2. The van der Waals surface area contributed by atoms with E-state index in [4.69, 9.17) is 16.2 Å². The standard InChI is InChI=1S/C19H28N4OS/c1-3-16(4-2)24-17-8-7-15(12-14(17)13-22-10-9-20)23-19(21)18-6-5-11-25-18/h5-8,11-12,16,22H,3-4,9-10,13,20H2,1-2H3,(H2,21,23). The van der Waals surface area contributed by atoms with Crippen LogP contribution in [0.4, 0.5) is 5.69 Å². The molecule has 0 fully saturated rings. The number of hydrogen-bond donors (Lipinski definition) is 3. The van der Waals surface area contributed by atoms with Crippen molar-refractivity contribution in [3.8, 4) is 5.75 Å². The molecule has 5 N–H and O–H groups in total. The smallest absolute Gasteiger partial charge is 0.141 e. The van der Waals surface area contributed by atoms with Gasteiger partial charge in [0.2, 0.25) is 0 Å². The number of amidine groups is 1. The highest BCUT2D eigenvalue weighted by Crippen LogP contribution is 2.27. The molecule has 0 aliphatic carbocycles. The molecule has 0 saturated heterocycles. The molecule has 0 saturated carbocycles. The molecule has 1 aromatic heterocycles. The lowest BCUT2D eigenvalue weighted by Crippen LogP contribution is -2.23. The molecule has 25 heavy (non-hydrogen) atoms. The van der Waals surface area contributed by atoms with Crippen LogP contribution in [0.5, 0.6) is 5.75 Å². The summed E-state index contributed by atoms with van der Waals surface area (Å²) < 4.78 is 6.16. The molecule has 0 radical (unpaired) electrons. The third kappa shape index (κ3) is 5.85. The quantitative estimate of drug-likeness (QED) is 0.344. The van der Waals surface area contributed by atoms with Crippen LogP contribution in [0.25, 0.3) is 0 Å². The van der Waals surface area contributed by atoms with Crippen LogP contribution in [0.3, 0.4) is 0 Å². The Labute approximate surface area is 154 Å². The van der Waals surface area contributed by atoms with E-state index in [2.05, 4.69) is 24.2 Å². The zero-order valence-corrected chi connectivity index (χ0v) is 15.8. The van der Waals surface area contributed by atoms with Gasteiger partial charge in [-0.1, -0.05) is 19.9 Å². The van der Waals surface area contributed by atoms with E-state index in [9.17, 15) is 0 Å². The monoisotopic (exact) mass is 360 g/mol. The number of nitrogens with zero attached hydrogens (tertiary/aromatic N) is 1. The van der Waals surface area contributed by atoms with Crippen molar-refractivity contribution >= 4 is 22.9 Å². The maximum atomic E-state index is 6.16. The lowest BCUT2D eigenvalue weighted by atomic mass is 10.1. The molecule has 0 aliphatic rings. The Morgan fingerprint density at radius 2 is 2.08 bits per heavy atom. The number of hydrogen-bond acceptors (Lipinski definition) is 5. The van der Waals surface area contributed by atoms with Crippen LogP contribution in [0.1, 0.15) is 37.1 Å². The lowest BCUT2D eigenvalue weighted by Gasteiger charge is -2.19. The molecule has 0 bridgehead atoms. The van der Waals surface area contributed by atoms with Crippen LogP contribution < -0.4 is 21.5 Å². The SMILES string of the molecule is CCC(CC)Oc1ccc(N=C(N)c2cccs2)cc1CNCCN. The molecule has 1 heterocycles. The number of nitrogens with one attached hydrogen (secondary N) is 1. The highest BCUT2D eigenvalue weighted by Gasteiger charge is 2.11. The summed E-state index contributed by atoms with van der Waals surface area (Å²) in [6.45, 7) is 6.33. The fourth-order valence-corrected chi connectivity index (χ4v) is 3.09. The summed E-state index contributed by atoms with van der Waals surface area (Å²) in [6, 6.07) is 9.90. The first-order valence-corrected chi connectivity index (χ1v) is 9.64. The van der Waals surface area contributed by atoms with Gasteiger partial charge in [0.05, 0.1) is 16.7 Å². The molecule has 6 heteroatoms. The first kappa shape index (κ1) is 19.4. The summed E-state index contributed by atoms with van der Waals surface area (Å²) in [4.78, 5) is 5.52. The Morgan fingerprint density at radius 1 is 1.28 bits per heavy atom. The summed E-state index contributed by atoms with van der Waals surface area (Å²) in [5.41, 5.74) is 13.6. The molecular weight excluding hydrogens is 332 g/mol. The van der Waals surface area contributed by atoms with Crippen LogP contribution in [0.2, 0.25) is 0 Å². The molecule has 1 aromatic carbocycles. The highest BCUT2D eigenvalue weighted by molar-refractivity contribution is 7.12. The van der Waals surface area contributed by atoms with Crippen LogP contribution in [-0.2, 0) is 6.54 Å². The largest absolute Gasteiger partial charge is 0.490 e. The van der Waals surface area contributed by atoms with Gasteiger partial charge in [-0.25, -0.2) is 4.99 Å². The summed E-state index contributed by atoms with van der Waals surface area (Å²) >= 11 is 1.58. The molecule has 0 amide bonds.